The van der Waals surface area contributed by atoms with Crippen molar-refractivity contribution in [2.24, 2.45) is 5.10 Å². The van der Waals surface area contributed by atoms with Crippen LogP contribution in [0.2, 0.25) is 0 Å². The van der Waals surface area contributed by atoms with Gasteiger partial charge in [-0.3, -0.25) is 4.79 Å². The van der Waals surface area contributed by atoms with Crippen LogP contribution >= 0.6 is 15.9 Å². The molecule has 1 heterocycles. The Labute approximate surface area is 182 Å². The first-order chi connectivity index (χ1) is 14.4. The van der Waals surface area contributed by atoms with Crippen molar-refractivity contribution in [1.82, 2.24) is 10.4 Å². The van der Waals surface area contributed by atoms with E-state index >= 15 is 0 Å². The van der Waals surface area contributed by atoms with E-state index in [1.807, 2.05) is 6.07 Å². The fraction of sp³-hybridized carbons (Fsp3) is 0.300. The highest BCUT2D eigenvalue weighted by Gasteiger charge is 2.14. The number of carbonyl (C=O) groups excluding carboxylic acids is 1. The van der Waals surface area contributed by atoms with Gasteiger partial charge in [0.05, 0.1) is 23.9 Å². The third-order valence-electron chi connectivity index (χ3n) is 3.70. The number of benzene rings is 1. The van der Waals surface area contributed by atoms with Crippen molar-refractivity contribution in [3.05, 3.63) is 45.1 Å². The van der Waals surface area contributed by atoms with Crippen LogP contribution in [0.4, 0.5) is 0 Å². The summed E-state index contributed by atoms with van der Waals surface area (Å²) < 4.78 is 16.3. The molecule has 2 aromatic rings. The van der Waals surface area contributed by atoms with Crippen molar-refractivity contribution < 1.29 is 24.1 Å². The van der Waals surface area contributed by atoms with Gasteiger partial charge >= 0.3 is 0 Å². The van der Waals surface area contributed by atoms with E-state index in [4.69, 9.17) is 14.2 Å². The lowest BCUT2D eigenvalue weighted by Gasteiger charge is -2.10. The molecule has 10 heteroatoms. The number of hydrogen-bond donors (Lipinski definition) is 2. The summed E-state index contributed by atoms with van der Waals surface area (Å²) in [6.07, 6.45) is 1.40. The second-order valence-electron chi connectivity index (χ2n) is 6.01. The maximum atomic E-state index is 12.0. The number of aromatic nitrogens is 1. The Morgan fingerprint density at radius 3 is 2.83 bits per heavy atom. The molecular formula is C20H21BrN4O5. The molecule has 0 saturated heterocycles. The number of halogens is 1. The third-order valence-corrected chi connectivity index (χ3v) is 4.31. The van der Waals surface area contributed by atoms with E-state index in [0.29, 0.717) is 33.6 Å². The number of hydrogen-bond acceptors (Lipinski definition) is 8. The Hall–Kier alpha value is -3.16. The van der Waals surface area contributed by atoms with Crippen LogP contribution in [0.1, 0.15) is 29.3 Å². The third kappa shape index (κ3) is 6.17. The maximum absolute atomic E-state index is 12.0. The van der Waals surface area contributed by atoms with E-state index in [-0.39, 0.29) is 30.4 Å². The number of methoxy groups -OCH3 is 1. The van der Waals surface area contributed by atoms with Crippen LogP contribution in [-0.4, -0.2) is 42.5 Å². The highest BCUT2D eigenvalue weighted by atomic mass is 79.9. The molecule has 30 heavy (non-hydrogen) atoms. The number of aromatic hydroxyl groups is 1. The van der Waals surface area contributed by atoms with Gasteiger partial charge in [-0.15, -0.1) is 0 Å². The van der Waals surface area contributed by atoms with Crippen LogP contribution in [-0.2, 0) is 16.1 Å². The molecule has 2 rings (SSSR count). The number of phenols is 1. The maximum Gasteiger partial charge on any atom is 0.278 e. The summed E-state index contributed by atoms with van der Waals surface area (Å²) in [5, 5.41) is 23.2. The van der Waals surface area contributed by atoms with Crippen LogP contribution in [0.5, 0.6) is 17.4 Å². The molecule has 1 aromatic carbocycles. The standard InChI is InChI=1S/C20H21BrN4O5/c1-4-29-17-7-13(6-16(21)19(17)27)9-23-25-18(26)11-30-20-15(8-22)14(10-28-3)5-12(2)24-20/h5-7,9,27H,4,10-11H2,1-3H3,(H,25,26). The van der Waals surface area contributed by atoms with Gasteiger partial charge in [-0.1, -0.05) is 0 Å². The smallest absolute Gasteiger partial charge is 0.278 e. The Morgan fingerprint density at radius 2 is 2.17 bits per heavy atom. The minimum Gasteiger partial charge on any atom is -0.503 e. The average molecular weight is 477 g/mol. The van der Waals surface area contributed by atoms with E-state index in [2.05, 4.69) is 31.4 Å². The van der Waals surface area contributed by atoms with Gasteiger partial charge < -0.3 is 19.3 Å². The molecule has 0 fully saturated rings. The van der Waals surface area contributed by atoms with Crippen LogP contribution < -0.4 is 14.9 Å². The molecule has 0 atom stereocenters. The fourth-order valence-corrected chi connectivity index (χ4v) is 2.94. The zero-order valence-corrected chi connectivity index (χ0v) is 18.3. The summed E-state index contributed by atoms with van der Waals surface area (Å²) in [5.74, 6) is -0.190. The molecule has 9 nitrogen and oxygen atoms in total. The predicted molar refractivity (Wildman–Crippen MR) is 113 cm³/mol. The van der Waals surface area contributed by atoms with Crippen LogP contribution in [0.25, 0.3) is 0 Å². The van der Waals surface area contributed by atoms with E-state index in [9.17, 15) is 15.2 Å². The van der Waals surface area contributed by atoms with E-state index < -0.39 is 5.91 Å². The molecule has 158 valence electrons. The van der Waals surface area contributed by atoms with Crippen molar-refractivity contribution in [1.29, 1.82) is 5.26 Å². The number of nitrogens with one attached hydrogen (secondary N) is 1. The molecule has 0 aliphatic rings. The normalized spacial score (nSPS) is 10.6. The Balaban J connectivity index is 2.02. The quantitative estimate of drug-likeness (QED) is 0.420. The predicted octanol–water partition coefficient (Wildman–Crippen LogP) is 2.80. The first kappa shape index (κ1) is 23.1. The van der Waals surface area contributed by atoms with Crippen LogP contribution in [0.3, 0.4) is 0 Å². The van der Waals surface area contributed by atoms with Crippen molar-refractivity contribution in [2.45, 2.75) is 20.5 Å². The highest BCUT2D eigenvalue weighted by Crippen LogP contribution is 2.35. The molecule has 0 spiro atoms. The lowest BCUT2D eigenvalue weighted by atomic mass is 10.1. The largest absolute Gasteiger partial charge is 0.503 e. The molecule has 0 bridgehead atoms. The van der Waals surface area contributed by atoms with Crippen LogP contribution in [0, 0.1) is 18.3 Å². The number of hydrazone groups is 1. The van der Waals surface area contributed by atoms with Gasteiger partial charge in [0.25, 0.3) is 5.91 Å². The summed E-state index contributed by atoms with van der Waals surface area (Å²) in [4.78, 5) is 16.2. The molecule has 0 aliphatic carbocycles. The average Bonchev–Trinajstić information content (AvgIpc) is 2.70. The molecule has 0 radical (unpaired) electrons. The molecule has 1 aromatic heterocycles. The number of amides is 1. The first-order valence-electron chi connectivity index (χ1n) is 8.89. The highest BCUT2D eigenvalue weighted by molar-refractivity contribution is 9.10. The van der Waals surface area contributed by atoms with Gasteiger partial charge in [0, 0.05) is 18.4 Å². The second kappa shape index (κ2) is 11.1. The zero-order valence-electron chi connectivity index (χ0n) is 16.7. The monoisotopic (exact) mass is 476 g/mol. The van der Waals surface area contributed by atoms with Crippen molar-refractivity contribution >= 4 is 28.1 Å². The Bertz CT molecular complexity index is 988. The molecule has 0 aliphatic heterocycles. The van der Waals surface area contributed by atoms with Gasteiger partial charge in [-0.2, -0.15) is 10.4 Å². The number of nitriles is 1. The summed E-state index contributed by atoms with van der Waals surface area (Å²) in [7, 11) is 1.52. The van der Waals surface area contributed by atoms with Crippen molar-refractivity contribution in [2.75, 3.05) is 20.3 Å². The number of nitrogens with zero attached hydrogens (tertiary/aromatic N) is 3. The summed E-state index contributed by atoms with van der Waals surface area (Å²) in [6, 6.07) is 6.96. The lowest BCUT2D eigenvalue weighted by molar-refractivity contribution is -0.123. The lowest BCUT2D eigenvalue weighted by Crippen LogP contribution is -2.25. The molecule has 2 N–H and O–H groups in total. The zero-order chi connectivity index (χ0) is 22.1. The molecule has 0 saturated carbocycles. The van der Waals surface area contributed by atoms with E-state index in [1.54, 1.807) is 32.0 Å². The van der Waals surface area contributed by atoms with Crippen molar-refractivity contribution in [3.63, 3.8) is 0 Å². The number of carbonyl (C=O) groups is 1. The van der Waals surface area contributed by atoms with E-state index in [1.165, 1.54) is 13.3 Å². The van der Waals surface area contributed by atoms with Gasteiger partial charge in [0.15, 0.2) is 18.1 Å². The number of phenolic OH excluding ortho intramolecular Hbond substituents is 1. The van der Waals surface area contributed by atoms with Gasteiger partial charge in [0.1, 0.15) is 11.6 Å². The first-order valence-corrected chi connectivity index (χ1v) is 9.68. The minimum atomic E-state index is -0.533. The van der Waals surface area contributed by atoms with E-state index in [0.717, 1.165) is 0 Å². The summed E-state index contributed by atoms with van der Waals surface area (Å²) in [6.45, 7) is 3.79. The number of rotatable bonds is 9. The van der Waals surface area contributed by atoms with Gasteiger partial charge in [-0.05, 0) is 53.5 Å². The van der Waals surface area contributed by atoms with Crippen LogP contribution in [0.15, 0.2) is 27.8 Å². The summed E-state index contributed by atoms with van der Waals surface area (Å²) >= 11 is 3.23. The Morgan fingerprint density at radius 1 is 1.40 bits per heavy atom. The van der Waals surface area contributed by atoms with Gasteiger partial charge in [-0.25, -0.2) is 10.4 Å². The molecular weight excluding hydrogens is 456 g/mol. The van der Waals surface area contributed by atoms with Gasteiger partial charge in [0.2, 0.25) is 5.88 Å². The SMILES string of the molecule is CCOc1cc(C=NNC(=O)COc2nc(C)cc(COC)c2C#N)cc(Br)c1O. The molecule has 0 unspecified atom stereocenters. The fourth-order valence-electron chi connectivity index (χ4n) is 2.48. The second-order valence-corrected chi connectivity index (χ2v) is 6.87. The Kier molecular flexibility index (Phi) is 8.58. The van der Waals surface area contributed by atoms with Crippen molar-refractivity contribution in [3.8, 4) is 23.4 Å². The number of pyridine rings is 1. The number of ether oxygens (including phenoxy) is 3. The summed E-state index contributed by atoms with van der Waals surface area (Å²) in [5.41, 5.74) is 4.41. The minimum absolute atomic E-state index is 0.0155. The number of aryl methyl sites for hydroxylation is 1. The topological polar surface area (TPSA) is 126 Å². The molecule has 1 amide bonds.